The van der Waals surface area contributed by atoms with Gasteiger partial charge in [0, 0.05) is 18.4 Å². The summed E-state index contributed by atoms with van der Waals surface area (Å²) >= 11 is 13.8. The lowest BCUT2D eigenvalue weighted by molar-refractivity contribution is -0.0351. The Morgan fingerprint density at radius 3 is 2.36 bits per heavy atom. The molecule has 2 nitrogen and oxygen atoms in total. The highest BCUT2D eigenvalue weighted by Gasteiger charge is 2.20. The van der Waals surface area contributed by atoms with Crippen molar-refractivity contribution in [2.75, 3.05) is 25.0 Å². The molecule has 0 spiro atoms. The largest absolute Gasteiger partial charge is 0.379 e. The Kier molecular flexibility index (Phi) is 10.3. The molecule has 3 atom stereocenters. The van der Waals surface area contributed by atoms with Crippen LogP contribution in [0.5, 0.6) is 0 Å². The maximum Gasteiger partial charge on any atom is 0.0844 e. The van der Waals surface area contributed by atoms with Gasteiger partial charge in [0.15, 0.2) is 0 Å². The summed E-state index contributed by atoms with van der Waals surface area (Å²) in [6.07, 6.45) is 0.0735. The fourth-order valence-corrected chi connectivity index (χ4v) is 2.15. The Morgan fingerprint density at radius 2 is 1.93 bits per heavy atom. The van der Waals surface area contributed by atoms with E-state index in [1.807, 2.05) is 13.8 Å². The van der Waals surface area contributed by atoms with E-state index in [0.717, 1.165) is 0 Å². The zero-order valence-electron chi connectivity index (χ0n) is 8.51. The third-order valence-corrected chi connectivity index (χ3v) is 4.07. The van der Waals surface area contributed by atoms with Gasteiger partial charge in [-0.05, 0) is 13.8 Å². The highest BCUT2D eigenvalue weighted by Crippen LogP contribution is 2.15. The predicted octanol–water partition coefficient (Wildman–Crippen LogP) is 3.08. The molecule has 0 amide bonds. The zero-order chi connectivity index (χ0) is 11.0. The quantitative estimate of drug-likeness (QED) is 0.492. The average molecular weight is 355 g/mol. The number of ether oxygens (including phenoxy) is 2. The van der Waals surface area contributed by atoms with Gasteiger partial charge in [-0.1, -0.05) is 22.6 Å². The summed E-state index contributed by atoms with van der Waals surface area (Å²) in [5, 5.41) is 0. The summed E-state index contributed by atoms with van der Waals surface area (Å²) in [6, 6.07) is 0. The van der Waals surface area contributed by atoms with Crippen molar-refractivity contribution in [1.82, 2.24) is 0 Å². The molecule has 0 saturated carbocycles. The van der Waals surface area contributed by atoms with Gasteiger partial charge < -0.3 is 9.47 Å². The summed E-state index contributed by atoms with van der Waals surface area (Å²) in [5.41, 5.74) is 0. The van der Waals surface area contributed by atoms with Gasteiger partial charge in [0.1, 0.15) is 0 Å². The van der Waals surface area contributed by atoms with E-state index < -0.39 is 0 Å². The van der Waals surface area contributed by atoms with Gasteiger partial charge in [0.2, 0.25) is 0 Å². The van der Waals surface area contributed by atoms with Crippen LogP contribution in [0.3, 0.4) is 0 Å². The van der Waals surface area contributed by atoms with Gasteiger partial charge in [-0.15, -0.1) is 23.2 Å². The standard InChI is InChI=1S/C9H17Cl2IO2/c1-3-13-6-7(2)14-9(5-11)8(12)4-10/h7-9H,3-6H2,1-2H3. The summed E-state index contributed by atoms with van der Waals surface area (Å²) < 4.78 is 11.2. The molecule has 0 aromatic rings. The molecule has 0 bridgehead atoms. The van der Waals surface area contributed by atoms with E-state index in [4.69, 9.17) is 32.7 Å². The third kappa shape index (κ3) is 6.67. The predicted molar refractivity (Wildman–Crippen MR) is 70.1 cm³/mol. The number of hydrogen-bond acceptors (Lipinski definition) is 2. The molecule has 3 unspecified atom stereocenters. The highest BCUT2D eigenvalue weighted by atomic mass is 127. The summed E-state index contributed by atoms with van der Waals surface area (Å²) in [7, 11) is 0. The lowest BCUT2D eigenvalue weighted by Crippen LogP contribution is -2.32. The Labute approximate surface area is 110 Å². The Morgan fingerprint density at radius 1 is 1.29 bits per heavy atom. The molecule has 0 aliphatic rings. The summed E-state index contributed by atoms with van der Waals surface area (Å²) in [5.74, 6) is 1.02. The van der Waals surface area contributed by atoms with E-state index in [0.29, 0.717) is 25.0 Å². The first-order valence-electron chi connectivity index (χ1n) is 4.64. The fourth-order valence-electron chi connectivity index (χ4n) is 0.939. The first kappa shape index (κ1) is 15.2. The molecular weight excluding hydrogens is 338 g/mol. The van der Waals surface area contributed by atoms with Crippen molar-refractivity contribution in [3.63, 3.8) is 0 Å². The van der Waals surface area contributed by atoms with Crippen LogP contribution in [0, 0.1) is 0 Å². The first-order chi connectivity index (χ1) is 6.65. The van der Waals surface area contributed by atoms with Crippen LogP contribution < -0.4 is 0 Å². The van der Waals surface area contributed by atoms with Crippen LogP contribution in [0.15, 0.2) is 0 Å². The normalized spacial score (nSPS) is 17.8. The molecule has 0 radical (unpaired) electrons. The summed E-state index contributed by atoms with van der Waals surface area (Å²) in [4.78, 5) is 0. The maximum atomic E-state index is 5.79. The van der Waals surface area contributed by atoms with Crippen LogP contribution in [0.25, 0.3) is 0 Å². The van der Waals surface area contributed by atoms with Gasteiger partial charge in [-0.25, -0.2) is 0 Å². The molecule has 5 heteroatoms. The van der Waals surface area contributed by atoms with Gasteiger partial charge in [-0.3, -0.25) is 0 Å². The Balaban J connectivity index is 3.79. The van der Waals surface area contributed by atoms with Crippen LogP contribution in [0.1, 0.15) is 13.8 Å². The maximum absolute atomic E-state index is 5.79. The lowest BCUT2D eigenvalue weighted by Gasteiger charge is -2.23. The molecule has 0 N–H and O–H groups in total. The first-order valence-corrected chi connectivity index (χ1v) is 6.96. The second-order valence-electron chi connectivity index (χ2n) is 2.97. The van der Waals surface area contributed by atoms with Crippen molar-refractivity contribution in [2.45, 2.75) is 30.0 Å². The van der Waals surface area contributed by atoms with Crippen LogP contribution in [0.2, 0.25) is 0 Å². The van der Waals surface area contributed by atoms with E-state index in [1.54, 1.807) is 0 Å². The molecule has 0 aromatic carbocycles. The highest BCUT2D eigenvalue weighted by molar-refractivity contribution is 14.1. The van der Waals surface area contributed by atoms with Crippen molar-refractivity contribution < 1.29 is 9.47 Å². The second kappa shape index (κ2) is 9.46. The number of alkyl halides is 3. The monoisotopic (exact) mass is 354 g/mol. The Hall–Kier alpha value is 1.23. The second-order valence-corrected chi connectivity index (χ2v) is 5.19. The fraction of sp³-hybridized carbons (Fsp3) is 1.00. The van der Waals surface area contributed by atoms with Gasteiger partial charge in [0.25, 0.3) is 0 Å². The van der Waals surface area contributed by atoms with Crippen LogP contribution in [-0.4, -0.2) is 41.1 Å². The molecule has 0 heterocycles. The van der Waals surface area contributed by atoms with E-state index in [1.165, 1.54) is 0 Å². The minimum absolute atomic E-state index is 0.00484. The van der Waals surface area contributed by atoms with Crippen molar-refractivity contribution in [2.24, 2.45) is 0 Å². The SMILES string of the molecule is CCOCC(C)OC(CCl)C(I)CCl. The van der Waals surface area contributed by atoms with E-state index >= 15 is 0 Å². The number of hydrogen-bond donors (Lipinski definition) is 0. The minimum atomic E-state index is 0.00484. The molecule has 0 saturated heterocycles. The van der Waals surface area contributed by atoms with E-state index in [-0.39, 0.29) is 16.1 Å². The molecule has 0 aromatic heterocycles. The van der Waals surface area contributed by atoms with Crippen molar-refractivity contribution in [3.8, 4) is 0 Å². The topological polar surface area (TPSA) is 18.5 Å². The van der Waals surface area contributed by atoms with Gasteiger partial charge in [0.05, 0.1) is 22.7 Å². The smallest absolute Gasteiger partial charge is 0.0844 e. The van der Waals surface area contributed by atoms with Gasteiger partial charge >= 0.3 is 0 Å². The van der Waals surface area contributed by atoms with E-state index in [9.17, 15) is 0 Å². The minimum Gasteiger partial charge on any atom is -0.379 e. The van der Waals surface area contributed by atoms with E-state index in [2.05, 4.69) is 22.6 Å². The molecule has 0 rings (SSSR count). The van der Waals surface area contributed by atoms with Crippen LogP contribution >= 0.6 is 45.8 Å². The van der Waals surface area contributed by atoms with Crippen molar-refractivity contribution in [1.29, 1.82) is 0 Å². The lowest BCUT2D eigenvalue weighted by atomic mass is 10.3. The molecule has 0 fully saturated rings. The summed E-state index contributed by atoms with van der Waals surface area (Å²) in [6.45, 7) is 5.26. The molecular formula is C9H17Cl2IO2. The zero-order valence-corrected chi connectivity index (χ0v) is 12.2. The number of rotatable bonds is 8. The Bertz CT molecular complexity index is 138. The van der Waals surface area contributed by atoms with Crippen LogP contribution in [-0.2, 0) is 9.47 Å². The van der Waals surface area contributed by atoms with Crippen LogP contribution in [0.4, 0.5) is 0 Å². The average Bonchev–Trinajstić information content (AvgIpc) is 2.21. The molecule has 14 heavy (non-hydrogen) atoms. The molecule has 0 aliphatic carbocycles. The third-order valence-electron chi connectivity index (χ3n) is 1.67. The number of halogens is 3. The molecule has 0 aliphatic heterocycles. The van der Waals surface area contributed by atoms with Crippen molar-refractivity contribution in [3.05, 3.63) is 0 Å². The van der Waals surface area contributed by atoms with Crippen molar-refractivity contribution >= 4 is 45.8 Å². The van der Waals surface area contributed by atoms with Gasteiger partial charge in [-0.2, -0.15) is 0 Å². The molecule has 86 valence electrons.